The summed E-state index contributed by atoms with van der Waals surface area (Å²) in [5, 5.41) is 10.2. The van der Waals surface area contributed by atoms with E-state index in [4.69, 9.17) is 4.98 Å². The fourth-order valence-corrected chi connectivity index (χ4v) is 5.57. The molecule has 3 aromatic carbocycles. The topological polar surface area (TPSA) is 57.0 Å². The summed E-state index contributed by atoms with van der Waals surface area (Å²) in [7, 11) is 0. The van der Waals surface area contributed by atoms with Crippen LogP contribution in [0.3, 0.4) is 0 Å². The van der Waals surface area contributed by atoms with E-state index < -0.39 is 0 Å². The van der Waals surface area contributed by atoms with E-state index in [2.05, 4.69) is 6.07 Å². The van der Waals surface area contributed by atoms with Crippen LogP contribution in [-0.2, 0) is 4.79 Å². The molecule has 1 aliphatic rings. The predicted molar refractivity (Wildman–Crippen MR) is 134 cm³/mol. The van der Waals surface area contributed by atoms with E-state index in [1.165, 1.54) is 17.3 Å². The van der Waals surface area contributed by atoms with Crippen LogP contribution in [0.15, 0.2) is 99.7 Å². The maximum atomic E-state index is 13.5. The van der Waals surface area contributed by atoms with Crippen LogP contribution >= 0.6 is 23.5 Å². The fraction of sp³-hybridized carbons (Fsp3) is 0.0741. The smallest absolute Gasteiger partial charge is 0.242 e. The molecular weight excluding hydrogens is 446 g/mol. The molecule has 160 valence electrons. The van der Waals surface area contributed by atoms with Crippen LogP contribution in [0.4, 0.5) is 11.4 Å². The summed E-state index contributed by atoms with van der Waals surface area (Å²) in [6, 6.07) is 29.8. The first-order valence-electron chi connectivity index (χ1n) is 10.4. The van der Waals surface area contributed by atoms with Crippen molar-refractivity contribution in [3.8, 4) is 17.3 Å². The number of hydrogen-bond donors (Lipinski definition) is 0. The van der Waals surface area contributed by atoms with Gasteiger partial charge in [0.1, 0.15) is 11.1 Å². The largest absolute Gasteiger partial charge is 0.278 e. The van der Waals surface area contributed by atoms with Crippen molar-refractivity contribution in [1.29, 1.82) is 5.26 Å². The molecule has 4 nitrogen and oxygen atoms in total. The van der Waals surface area contributed by atoms with Crippen molar-refractivity contribution in [2.75, 3.05) is 10.7 Å². The zero-order chi connectivity index (χ0) is 22.8. The molecule has 33 heavy (non-hydrogen) atoms. The van der Waals surface area contributed by atoms with Crippen LogP contribution in [0, 0.1) is 18.3 Å². The van der Waals surface area contributed by atoms with Gasteiger partial charge in [-0.25, -0.2) is 4.98 Å². The van der Waals surface area contributed by atoms with Gasteiger partial charge in [-0.1, -0.05) is 77.6 Å². The molecule has 0 spiro atoms. The lowest BCUT2D eigenvalue weighted by atomic mass is 10.1. The molecule has 6 heteroatoms. The molecule has 4 aromatic rings. The number of amides is 1. The Hall–Kier alpha value is -3.53. The minimum atomic E-state index is -0.0494. The molecule has 0 fully saturated rings. The molecule has 0 bridgehead atoms. The highest BCUT2D eigenvalue weighted by Crippen LogP contribution is 2.48. The lowest BCUT2D eigenvalue weighted by molar-refractivity contribution is -0.115. The van der Waals surface area contributed by atoms with E-state index in [0.717, 1.165) is 32.4 Å². The Kier molecular flexibility index (Phi) is 5.91. The van der Waals surface area contributed by atoms with Gasteiger partial charge in [-0.3, -0.25) is 9.69 Å². The second-order valence-corrected chi connectivity index (χ2v) is 9.63. The number of nitrogens with zero attached hydrogens (tertiary/aromatic N) is 3. The molecule has 0 saturated heterocycles. The number of aromatic nitrogens is 1. The third-order valence-corrected chi connectivity index (χ3v) is 7.45. The van der Waals surface area contributed by atoms with Crippen molar-refractivity contribution in [3.63, 3.8) is 0 Å². The molecule has 0 aliphatic carbocycles. The van der Waals surface area contributed by atoms with E-state index in [1.54, 1.807) is 22.7 Å². The van der Waals surface area contributed by atoms with Crippen LogP contribution in [-0.4, -0.2) is 16.6 Å². The monoisotopic (exact) mass is 465 g/mol. The number of pyridine rings is 1. The van der Waals surface area contributed by atoms with Crippen molar-refractivity contribution in [1.82, 2.24) is 4.98 Å². The summed E-state index contributed by atoms with van der Waals surface area (Å²) >= 11 is 2.97. The second kappa shape index (κ2) is 9.14. The van der Waals surface area contributed by atoms with Gasteiger partial charge in [0.15, 0.2) is 0 Å². The minimum Gasteiger partial charge on any atom is -0.278 e. The van der Waals surface area contributed by atoms with Gasteiger partial charge >= 0.3 is 0 Å². The third-order valence-electron chi connectivity index (χ3n) is 5.34. The third kappa shape index (κ3) is 4.25. The number of hydrogen-bond acceptors (Lipinski definition) is 5. The van der Waals surface area contributed by atoms with Crippen LogP contribution in [0.1, 0.15) is 11.1 Å². The Balaban J connectivity index is 1.44. The SMILES string of the molecule is Cc1ccc(-c2ccc(C#N)c(SCC(=O)N3c4ccccc4Sc4ccccc43)n2)cc1. The Morgan fingerprint density at radius 1 is 0.939 bits per heavy atom. The number of aryl methyl sites for hydroxylation is 1. The highest BCUT2D eigenvalue weighted by atomic mass is 32.2. The van der Waals surface area contributed by atoms with E-state index >= 15 is 0 Å². The maximum Gasteiger partial charge on any atom is 0.242 e. The van der Waals surface area contributed by atoms with Gasteiger partial charge in [0.25, 0.3) is 0 Å². The van der Waals surface area contributed by atoms with E-state index in [9.17, 15) is 10.1 Å². The quantitative estimate of drug-likeness (QED) is 0.309. The van der Waals surface area contributed by atoms with Gasteiger partial charge in [-0.05, 0) is 43.3 Å². The summed E-state index contributed by atoms with van der Waals surface area (Å²) < 4.78 is 0. The number of thioether (sulfide) groups is 1. The number of nitriles is 1. The van der Waals surface area contributed by atoms with Crippen molar-refractivity contribution in [3.05, 3.63) is 96.1 Å². The first-order valence-corrected chi connectivity index (χ1v) is 12.2. The zero-order valence-corrected chi connectivity index (χ0v) is 19.5. The number of fused-ring (bicyclic) bond motifs is 2. The number of anilines is 2. The molecule has 5 rings (SSSR count). The predicted octanol–water partition coefficient (Wildman–Crippen LogP) is 6.85. The highest BCUT2D eigenvalue weighted by molar-refractivity contribution is 8.00. The minimum absolute atomic E-state index is 0.0494. The lowest BCUT2D eigenvalue weighted by Gasteiger charge is -2.31. The van der Waals surface area contributed by atoms with Gasteiger partial charge in [0, 0.05) is 15.4 Å². The van der Waals surface area contributed by atoms with Crippen LogP contribution < -0.4 is 4.90 Å². The van der Waals surface area contributed by atoms with Crippen molar-refractivity contribution < 1.29 is 4.79 Å². The van der Waals surface area contributed by atoms with E-state index in [-0.39, 0.29) is 11.7 Å². The number of para-hydroxylation sites is 2. The Morgan fingerprint density at radius 3 is 2.21 bits per heavy atom. The fourth-order valence-electron chi connectivity index (χ4n) is 3.69. The van der Waals surface area contributed by atoms with Crippen LogP contribution in [0.5, 0.6) is 0 Å². The normalized spacial score (nSPS) is 11.9. The summed E-state index contributed by atoms with van der Waals surface area (Å²) in [5.74, 6) is 0.124. The molecule has 1 aromatic heterocycles. The van der Waals surface area contributed by atoms with Crippen molar-refractivity contribution in [2.24, 2.45) is 0 Å². The molecule has 0 atom stereocenters. The van der Waals surface area contributed by atoms with Gasteiger partial charge in [0.2, 0.25) is 5.91 Å². The molecule has 0 saturated carbocycles. The number of carbonyl (C=O) groups is 1. The Morgan fingerprint density at radius 2 is 1.58 bits per heavy atom. The van der Waals surface area contributed by atoms with Gasteiger partial charge in [-0.15, -0.1) is 0 Å². The number of rotatable bonds is 4. The molecule has 0 unspecified atom stereocenters. The second-order valence-electron chi connectivity index (χ2n) is 7.58. The number of carbonyl (C=O) groups excluding carboxylic acids is 1. The van der Waals surface area contributed by atoms with Crippen LogP contribution in [0.25, 0.3) is 11.3 Å². The average Bonchev–Trinajstić information content (AvgIpc) is 2.86. The zero-order valence-electron chi connectivity index (χ0n) is 17.9. The average molecular weight is 466 g/mol. The highest BCUT2D eigenvalue weighted by Gasteiger charge is 2.28. The van der Waals surface area contributed by atoms with Gasteiger partial charge < -0.3 is 0 Å². The van der Waals surface area contributed by atoms with Crippen molar-refractivity contribution >= 4 is 40.8 Å². The molecule has 0 N–H and O–H groups in total. The van der Waals surface area contributed by atoms with Gasteiger partial charge in [0.05, 0.1) is 28.4 Å². The summed E-state index contributed by atoms with van der Waals surface area (Å²) in [6.07, 6.45) is 0. The summed E-state index contributed by atoms with van der Waals surface area (Å²) in [4.78, 5) is 22.1. The molecule has 2 heterocycles. The van der Waals surface area contributed by atoms with Crippen molar-refractivity contribution in [2.45, 2.75) is 21.7 Å². The Bertz CT molecular complexity index is 1350. The lowest BCUT2D eigenvalue weighted by Crippen LogP contribution is -2.30. The molecular formula is C27H19N3OS2. The van der Waals surface area contributed by atoms with E-state index in [1.807, 2.05) is 85.8 Å². The summed E-state index contributed by atoms with van der Waals surface area (Å²) in [5.41, 5.74) is 5.18. The van der Waals surface area contributed by atoms with Gasteiger partial charge in [-0.2, -0.15) is 5.26 Å². The van der Waals surface area contributed by atoms with Crippen LogP contribution in [0.2, 0.25) is 0 Å². The first-order chi connectivity index (χ1) is 16.1. The molecule has 1 aliphatic heterocycles. The molecule has 0 radical (unpaired) electrons. The van der Waals surface area contributed by atoms with E-state index in [0.29, 0.717) is 10.6 Å². The maximum absolute atomic E-state index is 13.5. The standard InChI is InChI=1S/C27H19N3OS2/c1-18-10-12-19(13-11-18)21-15-14-20(16-28)27(29-21)32-17-26(31)30-22-6-2-4-8-24(22)33-25-9-5-3-7-23(25)30/h2-15H,17H2,1H3. The number of benzene rings is 3. The first kappa shape index (κ1) is 21.3. The Labute approximate surface area is 201 Å². The summed E-state index contributed by atoms with van der Waals surface area (Å²) in [6.45, 7) is 2.04. The molecule has 1 amide bonds.